The Balaban J connectivity index is 0.000000225. The zero-order valence-electron chi connectivity index (χ0n) is 24.8. The number of halogens is 1. The summed E-state index contributed by atoms with van der Waals surface area (Å²) in [6.07, 6.45) is 12.0. The average molecular weight is 645 g/mol. The molecule has 44 heavy (non-hydrogen) atoms. The molecule has 0 radical (unpaired) electrons. The van der Waals surface area contributed by atoms with Gasteiger partial charge in [0.2, 0.25) is 5.78 Å². The molecule has 0 saturated carbocycles. The van der Waals surface area contributed by atoms with Gasteiger partial charge >= 0.3 is 24.8 Å². The molecule has 218 valence electrons. The van der Waals surface area contributed by atoms with Crippen LogP contribution in [0.15, 0.2) is 115 Å². The topological polar surface area (TPSA) is 121 Å². The molecule has 0 aliphatic rings. The van der Waals surface area contributed by atoms with Gasteiger partial charge in [-0.3, -0.25) is 14.8 Å². The summed E-state index contributed by atoms with van der Waals surface area (Å²) in [5.74, 6) is -0.452. The van der Waals surface area contributed by atoms with Gasteiger partial charge in [-0.05, 0) is 88.7 Å². The molecule has 11 heteroatoms. The maximum Gasteiger partial charge on any atom is 1.00 e. The molecular formula is C33H30BrLiN6O3. The Hall–Kier alpha value is -4.36. The third-order valence-corrected chi connectivity index (χ3v) is 5.97. The van der Waals surface area contributed by atoms with Crippen molar-refractivity contribution in [1.29, 1.82) is 0 Å². The molecule has 0 fully saturated rings. The van der Waals surface area contributed by atoms with Gasteiger partial charge in [-0.1, -0.05) is 13.3 Å². The summed E-state index contributed by atoms with van der Waals surface area (Å²) in [5, 5.41) is 1.99. The number of hydrogen-bond acceptors (Lipinski definition) is 9. The van der Waals surface area contributed by atoms with Crippen molar-refractivity contribution in [1.82, 2.24) is 29.9 Å². The van der Waals surface area contributed by atoms with Crippen molar-refractivity contribution >= 4 is 49.7 Å². The van der Waals surface area contributed by atoms with E-state index in [0.717, 1.165) is 27.4 Å². The van der Waals surface area contributed by atoms with Gasteiger partial charge in [-0.25, -0.2) is 24.7 Å². The van der Waals surface area contributed by atoms with Crippen LogP contribution in [0, 0.1) is 6.92 Å². The van der Waals surface area contributed by atoms with Crippen LogP contribution >= 0.6 is 15.9 Å². The first-order valence-corrected chi connectivity index (χ1v) is 14.1. The number of carbonyl (C=O) groups excluding carboxylic acids is 2. The molecule has 0 aromatic carbocycles. The molecule has 0 spiro atoms. The van der Waals surface area contributed by atoms with Crippen LogP contribution < -0.4 is 18.9 Å². The Morgan fingerprint density at radius 3 is 1.75 bits per heavy atom. The number of hydrogen-bond donors (Lipinski definition) is 0. The Labute approximate surface area is 276 Å². The minimum absolute atomic E-state index is 0. The summed E-state index contributed by atoms with van der Waals surface area (Å²) in [4.78, 5) is 47.3. The van der Waals surface area contributed by atoms with Crippen LogP contribution in [0.3, 0.4) is 0 Å². The van der Waals surface area contributed by atoms with Crippen LogP contribution in [0.5, 0.6) is 0 Å². The van der Waals surface area contributed by atoms with Gasteiger partial charge in [-0.15, -0.1) is 0 Å². The van der Waals surface area contributed by atoms with Gasteiger partial charge in [0.25, 0.3) is 0 Å². The van der Waals surface area contributed by atoms with Crippen molar-refractivity contribution in [2.45, 2.75) is 19.8 Å². The predicted molar refractivity (Wildman–Crippen MR) is 170 cm³/mol. The normalized spacial score (nSPS) is 9.55. The van der Waals surface area contributed by atoms with Gasteiger partial charge in [0, 0.05) is 53.5 Å². The van der Waals surface area contributed by atoms with Crippen molar-refractivity contribution < 1.29 is 33.2 Å². The molecule has 0 aliphatic carbocycles. The number of fused-ring (bicyclic) bond motifs is 2. The van der Waals surface area contributed by atoms with E-state index in [0.29, 0.717) is 22.5 Å². The van der Waals surface area contributed by atoms with Gasteiger partial charge in [0.05, 0.1) is 12.7 Å². The van der Waals surface area contributed by atoms with Gasteiger partial charge in [0.1, 0.15) is 10.3 Å². The fraction of sp³-hybridized carbons (Fsp3) is 0.121. The zero-order chi connectivity index (χ0) is 30.9. The number of nitrogens with zero attached hydrogens (tertiary/aromatic N) is 6. The largest absolute Gasteiger partial charge is 1.00 e. The number of ether oxygens (including phenoxy) is 1. The van der Waals surface area contributed by atoms with E-state index in [9.17, 15) is 9.59 Å². The van der Waals surface area contributed by atoms with Gasteiger partial charge in [0.15, 0.2) is 11.3 Å². The average Bonchev–Trinajstić information content (AvgIpc) is 3.08. The summed E-state index contributed by atoms with van der Waals surface area (Å²) in [5.41, 5.74) is 2.86. The van der Waals surface area contributed by atoms with E-state index in [4.69, 9.17) is 0 Å². The SMILES string of the molecule is Brc1ccc2cccnc2n1.COC(=O)c1ccncc1.O=C(c1ccncc1)c1ccc2cccnc2n1.[CH2-]CCC.[Li+]. The van der Waals surface area contributed by atoms with Crippen molar-refractivity contribution in [3.63, 3.8) is 0 Å². The fourth-order valence-corrected chi connectivity index (χ4v) is 3.57. The first-order chi connectivity index (χ1) is 21.0. The Kier molecular flexibility index (Phi) is 16.1. The fourth-order valence-electron chi connectivity index (χ4n) is 3.27. The third kappa shape index (κ3) is 11.4. The number of rotatable bonds is 4. The van der Waals surface area contributed by atoms with Crippen LogP contribution in [0.25, 0.3) is 22.1 Å². The molecule has 6 aromatic rings. The molecule has 0 aliphatic heterocycles. The minimum atomic E-state index is -0.331. The van der Waals surface area contributed by atoms with E-state index < -0.39 is 0 Å². The Morgan fingerprint density at radius 1 is 0.727 bits per heavy atom. The molecule has 0 saturated heterocycles. The summed E-state index contributed by atoms with van der Waals surface area (Å²) < 4.78 is 5.29. The van der Waals surface area contributed by atoms with Crippen LogP contribution in [0.2, 0.25) is 0 Å². The molecule has 6 aromatic heterocycles. The maximum absolute atomic E-state index is 12.2. The monoisotopic (exact) mass is 644 g/mol. The molecule has 0 unspecified atom stereocenters. The Bertz CT molecular complexity index is 1740. The van der Waals surface area contributed by atoms with Gasteiger partial charge in [-0.2, -0.15) is 6.42 Å². The molecule has 6 heterocycles. The van der Waals surface area contributed by atoms with E-state index in [2.05, 4.69) is 64.4 Å². The number of aromatic nitrogens is 6. The van der Waals surface area contributed by atoms with Crippen molar-refractivity contribution in [3.8, 4) is 0 Å². The summed E-state index contributed by atoms with van der Waals surface area (Å²) in [7, 11) is 1.35. The van der Waals surface area contributed by atoms with Gasteiger partial charge < -0.3 is 11.7 Å². The smallest absolute Gasteiger partial charge is 0.465 e. The second-order valence-electron chi connectivity index (χ2n) is 8.58. The summed E-state index contributed by atoms with van der Waals surface area (Å²) in [6.45, 7) is 5.72. The van der Waals surface area contributed by atoms with Crippen LogP contribution in [0.4, 0.5) is 0 Å². The van der Waals surface area contributed by atoms with E-state index in [1.165, 1.54) is 13.5 Å². The third-order valence-electron chi connectivity index (χ3n) is 5.52. The predicted octanol–water partition coefficient (Wildman–Crippen LogP) is 4.14. The second-order valence-corrected chi connectivity index (χ2v) is 9.39. The van der Waals surface area contributed by atoms with Crippen molar-refractivity contribution in [2.75, 3.05) is 7.11 Å². The van der Waals surface area contributed by atoms with E-state index in [-0.39, 0.29) is 30.6 Å². The quantitative estimate of drug-likeness (QED) is 0.0916. The van der Waals surface area contributed by atoms with E-state index in [1.807, 2.05) is 42.5 Å². The zero-order valence-corrected chi connectivity index (χ0v) is 26.4. The van der Waals surface area contributed by atoms with Crippen molar-refractivity contribution in [2.24, 2.45) is 0 Å². The van der Waals surface area contributed by atoms with E-state index in [1.54, 1.807) is 67.5 Å². The Morgan fingerprint density at radius 2 is 1.23 bits per heavy atom. The summed E-state index contributed by atoms with van der Waals surface area (Å²) >= 11 is 3.28. The molecule has 6 rings (SSSR count). The second kappa shape index (κ2) is 19.8. The first kappa shape index (κ1) is 35.8. The first-order valence-electron chi connectivity index (χ1n) is 13.3. The molecule has 0 bridgehead atoms. The maximum atomic E-state index is 12.2. The minimum Gasteiger partial charge on any atom is -0.465 e. The van der Waals surface area contributed by atoms with Crippen LogP contribution in [0.1, 0.15) is 46.2 Å². The van der Waals surface area contributed by atoms with E-state index >= 15 is 0 Å². The molecule has 0 atom stereocenters. The summed E-state index contributed by atoms with van der Waals surface area (Å²) in [6, 6.07) is 21.7. The molecule has 0 N–H and O–H groups in total. The van der Waals surface area contributed by atoms with Crippen LogP contribution in [-0.2, 0) is 4.74 Å². The van der Waals surface area contributed by atoms with Crippen LogP contribution in [-0.4, -0.2) is 48.8 Å². The number of ketones is 1. The molecule has 9 nitrogen and oxygen atoms in total. The standard InChI is InChI=1S/C14H9N3O.C8H5BrN2.C7H7NO2.C4H9.Li/c18-13(10-5-8-15-9-6-10)12-4-3-11-2-1-7-16-14(11)17-12;9-7-4-3-6-2-1-5-10-8(6)11-7;1-10-7(9)6-2-4-8-5-3-6;1-3-4-2;/h1-9H;1-5H;2-5H,1H3;1,3-4H2,2H3;/q;;;-1;+1. The molecular weight excluding hydrogens is 615 g/mol. The number of esters is 1. The number of unbranched alkanes of at least 4 members (excludes halogenated alkanes) is 1. The number of pyridine rings is 6. The number of methoxy groups -OCH3 is 1. The van der Waals surface area contributed by atoms with Crippen molar-refractivity contribution in [3.05, 3.63) is 138 Å². The number of carbonyl (C=O) groups is 2. The molecule has 0 amide bonds.